The molecule has 11 nitrogen and oxygen atoms in total. The Hall–Kier alpha value is -4.03. The van der Waals surface area contributed by atoms with Gasteiger partial charge in [-0.1, -0.05) is 36.2 Å². The van der Waals surface area contributed by atoms with Gasteiger partial charge in [-0.05, 0) is 67.1 Å². The number of ether oxygens (including phenoxy) is 3. The van der Waals surface area contributed by atoms with Gasteiger partial charge in [0, 0.05) is 73.5 Å². The minimum absolute atomic E-state index is 0.108. The fraction of sp³-hybridized carbons (Fsp3) is 0.400. The molecule has 48 heavy (non-hydrogen) atoms. The molecule has 0 spiro atoms. The number of urea groups is 1. The molecule has 3 aliphatic rings. The number of amides is 2. The highest BCUT2D eigenvalue weighted by Gasteiger charge is 2.45. The SMILES string of the molecule is CCCN1CCN(c2ccc(N3CCN(c4ccc(OCC5COC(Cn6cncn6)(c6ccc(Cl)cc6Cl)O5)cc4)CC3)cc2)C1=O. The van der Waals surface area contributed by atoms with E-state index in [-0.39, 0.29) is 18.7 Å². The third-order valence-corrected chi connectivity index (χ3v) is 9.62. The number of anilines is 3. The van der Waals surface area contributed by atoms with E-state index in [0.717, 1.165) is 69.4 Å². The van der Waals surface area contributed by atoms with Crippen molar-refractivity contribution in [3.63, 3.8) is 0 Å². The Morgan fingerprint density at radius 3 is 2.23 bits per heavy atom. The van der Waals surface area contributed by atoms with E-state index in [1.807, 2.05) is 28.0 Å². The van der Waals surface area contributed by atoms with Gasteiger partial charge in [0.1, 0.15) is 37.7 Å². The van der Waals surface area contributed by atoms with E-state index in [1.54, 1.807) is 23.1 Å². The van der Waals surface area contributed by atoms with Gasteiger partial charge in [0.2, 0.25) is 5.79 Å². The maximum atomic E-state index is 12.7. The number of aromatic nitrogens is 3. The van der Waals surface area contributed by atoms with E-state index in [1.165, 1.54) is 12.0 Å². The molecular weight excluding hydrogens is 653 g/mol. The molecule has 252 valence electrons. The van der Waals surface area contributed by atoms with Gasteiger partial charge in [-0.15, -0.1) is 0 Å². The monoisotopic (exact) mass is 691 g/mol. The summed E-state index contributed by atoms with van der Waals surface area (Å²) in [4.78, 5) is 25.4. The van der Waals surface area contributed by atoms with Crippen molar-refractivity contribution < 1.29 is 19.0 Å². The average Bonchev–Trinajstić information content (AvgIpc) is 3.86. The molecule has 3 saturated heterocycles. The molecule has 0 bridgehead atoms. The van der Waals surface area contributed by atoms with Crippen LogP contribution in [0.1, 0.15) is 18.9 Å². The highest BCUT2D eigenvalue weighted by Crippen LogP contribution is 2.40. The van der Waals surface area contributed by atoms with E-state index in [9.17, 15) is 4.79 Å². The van der Waals surface area contributed by atoms with Gasteiger partial charge in [0.15, 0.2) is 0 Å². The lowest BCUT2D eigenvalue weighted by atomic mass is 10.1. The lowest BCUT2D eigenvalue weighted by Crippen LogP contribution is -2.46. The second kappa shape index (κ2) is 14.2. The number of piperazine rings is 1. The molecule has 3 aromatic carbocycles. The first-order valence-corrected chi connectivity index (χ1v) is 17.2. The van der Waals surface area contributed by atoms with Crippen molar-refractivity contribution >= 4 is 46.3 Å². The van der Waals surface area contributed by atoms with Crippen LogP contribution in [0.4, 0.5) is 21.9 Å². The number of rotatable bonds is 11. The van der Waals surface area contributed by atoms with Gasteiger partial charge in [-0.2, -0.15) is 5.10 Å². The standard InChI is InChI=1S/C35H39Cl2N7O4/c1-2-13-42-18-19-44(34(42)45)29-6-4-27(5-7-29)40-14-16-41(17-15-40)28-8-10-30(11-9-28)46-21-31-22-47-35(48-31,23-43-25-38-24-39-43)32-12-3-26(36)20-33(32)37/h3-12,20,24-25,31H,2,13-19,21-23H2,1H3. The molecule has 2 amide bonds. The highest BCUT2D eigenvalue weighted by atomic mass is 35.5. The Kier molecular flexibility index (Phi) is 9.63. The quantitative estimate of drug-likeness (QED) is 0.192. The third-order valence-electron chi connectivity index (χ3n) is 9.07. The van der Waals surface area contributed by atoms with Crippen LogP contribution in [0.5, 0.6) is 5.75 Å². The fourth-order valence-corrected chi connectivity index (χ4v) is 7.14. The molecule has 3 aliphatic heterocycles. The molecule has 13 heteroatoms. The summed E-state index contributed by atoms with van der Waals surface area (Å²) in [6.07, 6.45) is 3.73. The normalized spacial score (nSPS) is 21.4. The van der Waals surface area contributed by atoms with Crippen LogP contribution >= 0.6 is 23.2 Å². The number of carbonyl (C=O) groups is 1. The first-order valence-electron chi connectivity index (χ1n) is 16.4. The number of carbonyl (C=O) groups excluding carboxylic acids is 1. The average molecular weight is 693 g/mol. The molecule has 1 aromatic heterocycles. The maximum Gasteiger partial charge on any atom is 0.324 e. The first kappa shape index (κ1) is 32.5. The van der Waals surface area contributed by atoms with Crippen molar-refractivity contribution in [1.82, 2.24) is 19.7 Å². The number of nitrogens with zero attached hydrogens (tertiary/aromatic N) is 7. The van der Waals surface area contributed by atoms with Gasteiger partial charge >= 0.3 is 6.03 Å². The minimum atomic E-state index is -1.15. The topological polar surface area (TPSA) is 88.4 Å². The second-order valence-corrected chi connectivity index (χ2v) is 13.1. The molecular formula is C35H39Cl2N7O4. The van der Waals surface area contributed by atoms with Crippen LogP contribution in [0.15, 0.2) is 79.4 Å². The fourth-order valence-electron chi connectivity index (χ4n) is 6.59. The van der Waals surface area contributed by atoms with Crippen LogP contribution in [-0.4, -0.2) is 90.8 Å². The number of halogens is 2. The molecule has 0 saturated carbocycles. The Morgan fingerprint density at radius 2 is 1.58 bits per heavy atom. The van der Waals surface area contributed by atoms with Gasteiger partial charge in [0.25, 0.3) is 0 Å². The smallest absolute Gasteiger partial charge is 0.324 e. The van der Waals surface area contributed by atoms with Gasteiger partial charge in [-0.25, -0.2) is 14.5 Å². The predicted molar refractivity (Wildman–Crippen MR) is 186 cm³/mol. The molecule has 0 N–H and O–H groups in total. The lowest BCUT2D eigenvalue weighted by molar-refractivity contribution is -0.190. The Bertz CT molecular complexity index is 1680. The van der Waals surface area contributed by atoms with Crippen LogP contribution in [0, 0.1) is 0 Å². The van der Waals surface area contributed by atoms with E-state index in [2.05, 4.69) is 63.2 Å². The summed E-state index contributed by atoms with van der Waals surface area (Å²) in [5.41, 5.74) is 3.98. The largest absolute Gasteiger partial charge is 0.491 e. The Balaban J connectivity index is 0.911. The van der Waals surface area contributed by atoms with Gasteiger partial charge in [0.05, 0.1) is 11.6 Å². The van der Waals surface area contributed by atoms with Crippen LogP contribution in [0.2, 0.25) is 10.0 Å². The van der Waals surface area contributed by atoms with Crippen LogP contribution < -0.4 is 19.4 Å². The summed E-state index contributed by atoms with van der Waals surface area (Å²) in [7, 11) is 0. The molecule has 3 fully saturated rings. The Morgan fingerprint density at radius 1 is 0.896 bits per heavy atom. The van der Waals surface area contributed by atoms with Crippen LogP contribution in [0.25, 0.3) is 0 Å². The molecule has 2 atom stereocenters. The molecule has 4 heterocycles. The van der Waals surface area contributed by atoms with E-state index >= 15 is 0 Å². The Labute approximate surface area is 290 Å². The maximum absolute atomic E-state index is 12.7. The summed E-state index contributed by atoms with van der Waals surface area (Å²) < 4.78 is 20.5. The zero-order valence-electron chi connectivity index (χ0n) is 26.9. The van der Waals surface area contributed by atoms with Crippen molar-refractivity contribution in [2.75, 3.05) is 73.7 Å². The summed E-state index contributed by atoms with van der Waals surface area (Å²) >= 11 is 12.7. The minimum Gasteiger partial charge on any atom is -0.491 e. The van der Waals surface area contributed by atoms with Crippen molar-refractivity contribution in [3.8, 4) is 5.75 Å². The van der Waals surface area contributed by atoms with Crippen molar-refractivity contribution in [2.24, 2.45) is 0 Å². The summed E-state index contributed by atoms with van der Waals surface area (Å²) in [6, 6.07) is 22.0. The molecule has 2 unspecified atom stereocenters. The molecule has 4 aromatic rings. The van der Waals surface area contributed by atoms with Crippen molar-refractivity contribution in [3.05, 3.63) is 95.0 Å². The number of benzene rings is 3. The van der Waals surface area contributed by atoms with Crippen LogP contribution in [0.3, 0.4) is 0 Å². The van der Waals surface area contributed by atoms with Crippen molar-refractivity contribution in [1.29, 1.82) is 0 Å². The zero-order valence-corrected chi connectivity index (χ0v) is 28.4. The lowest BCUT2D eigenvalue weighted by Gasteiger charge is -2.37. The van der Waals surface area contributed by atoms with Gasteiger partial charge < -0.3 is 28.9 Å². The van der Waals surface area contributed by atoms with Gasteiger partial charge in [-0.3, -0.25) is 4.90 Å². The van der Waals surface area contributed by atoms with E-state index < -0.39 is 5.79 Å². The summed E-state index contributed by atoms with van der Waals surface area (Å²) in [6.45, 7) is 9.01. The summed E-state index contributed by atoms with van der Waals surface area (Å²) in [5.74, 6) is -0.394. The zero-order chi connectivity index (χ0) is 33.1. The molecule has 7 rings (SSSR count). The van der Waals surface area contributed by atoms with E-state index in [0.29, 0.717) is 28.8 Å². The number of hydrogen-bond donors (Lipinski definition) is 0. The van der Waals surface area contributed by atoms with Crippen LogP contribution in [-0.2, 0) is 21.8 Å². The second-order valence-electron chi connectivity index (χ2n) is 12.2. The molecule has 0 aliphatic carbocycles. The van der Waals surface area contributed by atoms with Crippen molar-refractivity contribution in [2.45, 2.75) is 31.8 Å². The molecule has 0 radical (unpaired) electrons. The summed E-state index contributed by atoms with van der Waals surface area (Å²) in [5, 5.41) is 5.22. The highest BCUT2D eigenvalue weighted by molar-refractivity contribution is 6.35. The predicted octanol–water partition coefficient (Wildman–Crippen LogP) is 5.91. The third kappa shape index (κ3) is 6.91. The first-order chi connectivity index (χ1) is 23.4. The number of hydrogen-bond acceptors (Lipinski definition) is 8. The van der Waals surface area contributed by atoms with E-state index in [4.69, 9.17) is 37.4 Å².